The van der Waals surface area contributed by atoms with Crippen LogP contribution in [-0.4, -0.2) is 21.5 Å². The number of aromatic nitrogens is 3. The first-order chi connectivity index (χ1) is 9.65. The summed E-state index contributed by atoms with van der Waals surface area (Å²) in [5.41, 5.74) is 3.04. The van der Waals surface area contributed by atoms with Crippen molar-refractivity contribution in [3.8, 4) is 0 Å². The van der Waals surface area contributed by atoms with Gasteiger partial charge in [-0.2, -0.15) is 0 Å². The molecule has 0 atom stereocenters. The van der Waals surface area contributed by atoms with Crippen LogP contribution in [-0.2, 0) is 13.0 Å². The summed E-state index contributed by atoms with van der Waals surface area (Å²) in [5, 5.41) is 0.535. The number of anilines is 1. The Morgan fingerprint density at radius 2 is 2.00 bits per heavy atom. The first-order valence-corrected chi connectivity index (χ1v) is 7.20. The van der Waals surface area contributed by atoms with Crippen molar-refractivity contribution in [2.24, 2.45) is 0 Å². The van der Waals surface area contributed by atoms with E-state index in [-0.39, 0.29) is 0 Å². The highest BCUT2D eigenvalue weighted by atomic mass is 35.5. The molecule has 2 heterocycles. The van der Waals surface area contributed by atoms with Crippen molar-refractivity contribution < 1.29 is 0 Å². The van der Waals surface area contributed by atoms with E-state index >= 15 is 0 Å². The van der Waals surface area contributed by atoms with Gasteiger partial charge in [0.05, 0.1) is 12.2 Å². The lowest BCUT2D eigenvalue weighted by atomic mass is 10.2. The van der Waals surface area contributed by atoms with Crippen LogP contribution in [0.25, 0.3) is 0 Å². The van der Waals surface area contributed by atoms with Crippen molar-refractivity contribution in [1.82, 2.24) is 15.0 Å². The average molecular weight is 291 g/mol. The van der Waals surface area contributed by atoms with Crippen LogP contribution in [0.2, 0.25) is 5.15 Å². The molecule has 0 saturated carbocycles. The maximum Gasteiger partial charge on any atom is 0.137 e. The number of halogens is 1. The van der Waals surface area contributed by atoms with Crippen LogP contribution < -0.4 is 4.90 Å². The van der Waals surface area contributed by atoms with Gasteiger partial charge in [0.2, 0.25) is 0 Å². The molecule has 4 nitrogen and oxygen atoms in total. The minimum atomic E-state index is 0.535. The van der Waals surface area contributed by atoms with Gasteiger partial charge < -0.3 is 4.90 Å². The van der Waals surface area contributed by atoms with Crippen LogP contribution in [0.5, 0.6) is 0 Å². The molecule has 0 aromatic carbocycles. The van der Waals surface area contributed by atoms with Gasteiger partial charge in [0.15, 0.2) is 0 Å². The summed E-state index contributed by atoms with van der Waals surface area (Å²) < 4.78 is 0. The molecule has 20 heavy (non-hydrogen) atoms. The molecular weight excluding hydrogens is 272 g/mol. The van der Waals surface area contributed by atoms with Gasteiger partial charge in [0, 0.05) is 17.8 Å². The highest BCUT2D eigenvalue weighted by Gasteiger charge is 2.14. The predicted octanol–water partition coefficient (Wildman–Crippen LogP) is 3.42. The number of rotatable bonds is 5. The average Bonchev–Trinajstić information content (AvgIpc) is 2.44. The van der Waals surface area contributed by atoms with Gasteiger partial charge in [-0.3, -0.25) is 4.98 Å². The minimum Gasteiger partial charge on any atom is -0.351 e. The second-order valence-corrected chi connectivity index (χ2v) is 4.96. The molecule has 0 amide bonds. The van der Waals surface area contributed by atoms with E-state index in [0.717, 1.165) is 42.3 Å². The molecule has 0 N–H and O–H groups in total. The summed E-state index contributed by atoms with van der Waals surface area (Å²) in [4.78, 5) is 15.2. The Bertz CT molecular complexity index is 586. The SMILES string of the molecule is CCc1c(Cl)ncnc1N(CC)Cc1cccc(C)n1. The Morgan fingerprint density at radius 3 is 2.65 bits per heavy atom. The fourth-order valence-electron chi connectivity index (χ4n) is 2.18. The quantitative estimate of drug-likeness (QED) is 0.791. The highest BCUT2D eigenvalue weighted by molar-refractivity contribution is 6.30. The molecule has 0 radical (unpaired) electrons. The topological polar surface area (TPSA) is 41.9 Å². The van der Waals surface area contributed by atoms with Gasteiger partial charge in [-0.15, -0.1) is 0 Å². The molecule has 106 valence electrons. The lowest BCUT2D eigenvalue weighted by molar-refractivity contribution is 0.778. The molecule has 0 aliphatic heterocycles. The lowest BCUT2D eigenvalue weighted by Gasteiger charge is -2.24. The first-order valence-electron chi connectivity index (χ1n) is 6.82. The van der Waals surface area contributed by atoms with Crippen molar-refractivity contribution >= 4 is 17.4 Å². The van der Waals surface area contributed by atoms with Crippen LogP contribution in [0.15, 0.2) is 24.5 Å². The molecule has 5 heteroatoms. The molecule has 2 aromatic rings. The number of aryl methyl sites for hydroxylation is 1. The molecule has 0 aliphatic rings. The van der Waals surface area contributed by atoms with Crippen molar-refractivity contribution in [2.75, 3.05) is 11.4 Å². The third-order valence-corrected chi connectivity index (χ3v) is 3.53. The number of hydrogen-bond donors (Lipinski definition) is 0. The van der Waals surface area contributed by atoms with E-state index in [1.165, 1.54) is 6.33 Å². The molecule has 0 saturated heterocycles. The van der Waals surface area contributed by atoms with E-state index in [1.54, 1.807) is 0 Å². The van der Waals surface area contributed by atoms with Crippen molar-refractivity contribution in [3.05, 3.63) is 46.6 Å². The van der Waals surface area contributed by atoms with Gasteiger partial charge in [0.25, 0.3) is 0 Å². The molecule has 2 rings (SSSR count). The van der Waals surface area contributed by atoms with E-state index in [1.807, 2.05) is 25.1 Å². The summed E-state index contributed by atoms with van der Waals surface area (Å²) in [6.07, 6.45) is 2.33. The zero-order valence-electron chi connectivity index (χ0n) is 12.1. The Labute approximate surface area is 124 Å². The zero-order valence-corrected chi connectivity index (χ0v) is 12.9. The van der Waals surface area contributed by atoms with Crippen LogP contribution in [0, 0.1) is 6.92 Å². The molecule has 2 aromatic heterocycles. The van der Waals surface area contributed by atoms with E-state index in [4.69, 9.17) is 11.6 Å². The first kappa shape index (κ1) is 14.7. The van der Waals surface area contributed by atoms with Gasteiger partial charge in [0.1, 0.15) is 17.3 Å². The number of hydrogen-bond acceptors (Lipinski definition) is 4. The molecular formula is C15H19ClN4. The molecule has 0 fully saturated rings. The minimum absolute atomic E-state index is 0.535. The highest BCUT2D eigenvalue weighted by Crippen LogP contribution is 2.24. The van der Waals surface area contributed by atoms with E-state index in [9.17, 15) is 0 Å². The predicted molar refractivity (Wildman–Crippen MR) is 82.1 cm³/mol. The summed E-state index contributed by atoms with van der Waals surface area (Å²) >= 11 is 6.17. The Hall–Kier alpha value is -1.68. The fraction of sp³-hybridized carbons (Fsp3) is 0.400. The largest absolute Gasteiger partial charge is 0.351 e. The third kappa shape index (κ3) is 3.25. The summed E-state index contributed by atoms with van der Waals surface area (Å²) in [6, 6.07) is 6.06. The normalized spacial score (nSPS) is 10.6. The van der Waals surface area contributed by atoms with E-state index < -0.39 is 0 Å². The van der Waals surface area contributed by atoms with Gasteiger partial charge in [-0.05, 0) is 32.4 Å². The molecule has 0 bridgehead atoms. The standard InChI is InChI=1S/C15H19ClN4/c1-4-13-14(16)17-10-18-15(13)20(5-2)9-12-8-6-7-11(3)19-12/h6-8,10H,4-5,9H2,1-3H3. The molecule has 0 aliphatic carbocycles. The smallest absolute Gasteiger partial charge is 0.137 e. The monoisotopic (exact) mass is 290 g/mol. The van der Waals surface area contributed by atoms with E-state index in [2.05, 4.69) is 33.7 Å². The zero-order chi connectivity index (χ0) is 14.5. The van der Waals surface area contributed by atoms with Crippen molar-refractivity contribution in [3.63, 3.8) is 0 Å². The van der Waals surface area contributed by atoms with Crippen LogP contribution in [0.1, 0.15) is 30.8 Å². The lowest BCUT2D eigenvalue weighted by Crippen LogP contribution is -2.25. The van der Waals surface area contributed by atoms with E-state index in [0.29, 0.717) is 5.15 Å². The maximum atomic E-state index is 6.17. The fourth-order valence-corrected chi connectivity index (χ4v) is 2.44. The Morgan fingerprint density at radius 1 is 1.20 bits per heavy atom. The second kappa shape index (κ2) is 6.66. The van der Waals surface area contributed by atoms with Gasteiger partial charge >= 0.3 is 0 Å². The van der Waals surface area contributed by atoms with Crippen molar-refractivity contribution in [1.29, 1.82) is 0 Å². The van der Waals surface area contributed by atoms with Crippen LogP contribution >= 0.6 is 11.6 Å². The Balaban J connectivity index is 2.31. The summed E-state index contributed by atoms with van der Waals surface area (Å²) in [5.74, 6) is 0.901. The third-order valence-electron chi connectivity index (χ3n) is 3.20. The van der Waals surface area contributed by atoms with Gasteiger partial charge in [-0.25, -0.2) is 9.97 Å². The Kier molecular flexibility index (Phi) is 4.90. The van der Waals surface area contributed by atoms with Gasteiger partial charge in [-0.1, -0.05) is 24.6 Å². The summed E-state index contributed by atoms with van der Waals surface area (Å²) in [6.45, 7) is 7.73. The maximum absolute atomic E-state index is 6.17. The molecule has 0 unspecified atom stereocenters. The van der Waals surface area contributed by atoms with Crippen LogP contribution in [0.3, 0.4) is 0 Å². The van der Waals surface area contributed by atoms with Crippen molar-refractivity contribution in [2.45, 2.75) is 33.7 Å². The van der Waals surface area contributed by atoms with Crippen LogP contribution in [0.4, 0.5) is 5.82 Å². The number of nitrogens with zero attached hydrogens (tertiary/aromatic N) is 4. The second-order valence-electron chi connectivity index (χ2n) is 4.60. The number of pyridine rings is 1. The molecule has 0 spiro atoms. The summed E-state index contributed by atoms with van der Waals surface area (Å²) in [7, 11) is 0.